The van der Waals surface area contributed by atoms with E-state index in [2.05, 4.69) is 11.1 Å². The maximum Gasteiger partial charge on any atom is 0.191 e. The average molecular weight is 372 g/mol. The molecule has 0 unspecified atom stereocenters. The molecule has 0 saturated carbocycles. The van der Waals surface area contributed by atoms with Crippen LogP contribution in [0.15, 0.2) is 65.6 Å². The van der Waals surface area contributed by atoms with Gasteiger partial charge in [-0.3, -0.25) is 4.79 Å². The van der Waals surface area contributed by atoms with Gasteiger partial charge in [-0.1, -0.05) is 41.9 Å². The summed E-state index contributed by atoms with van der Waals surface area (Å²) in [5.41, 5.74) is 4.93. The van der Waals surface area contributed by atoms with Gasteiger partial charge >= 0.3 is 0 Å². The summed E-state index contributed by atoms with van der Waals surface area (Å²) in [5.74, 6) is 0. The minimum atomic E-state index is -0.103. The zero-order valence-electron chi connectivity index (χ0n) is 14.5. The molecule has 2 aromatic carbocycles. The molecule has 5 heteroatoms. The van der Waals surface area contributed by atoms with Crippen LogP contribution in [0.5, 0.6) is 0 Å². The molecule has 0 spiro atoms. The fourth-order valence-corrected chi connectivity index (χ4v) is 3.48. The Morgan fingerprint density at radius 3 is 2.56 bits per heavy atom. The van der Waals surface area contributed by atoms with Gasteiger partial charge in [0.15, 0.2) is 5.43 Å². The molecule has 0 atom stereocenters. The normalized spacial score (nSPS) is 10.7. The third kappa shape index (κ3) is 2.99. The summed E-state index contributed by atoms with van der Waals surface area (Å²) in [4.78, 5) is 20.1. The molecule has 4 aromatic rings. The van der Waals surface area contributed by atoms with Crippen molar-refractivity contribution in [1.82, 2.24) is 9.97 Å². The van der Waals surface area contributed by atoms with E-state index in [0.29, 0.717) is 21.6 Å². The Kier molecular flexibility index (Phi) is 4.23. The van der Waals surface area contributed by atoms with Crippen LogP contribution in [0.2, 0.25) is 5.02 Å². The van der Waals surface area contributed by atoms with E-state index in [0.717, 1.165) is 27.9 Å². The molecular formula is C22H14ClN3O. The van der Waals surface area contributed by atoms with Crippen LogP contribution in [0.1, 0.15) is 11.1 Å². The van der Waals surface area contributed by atoms with E-state index < -0.39 is 0 Å². The third-order valence-corrected chi connectivity index (χ3v) is 4.80. The van der Waals surface area contributed by atoms with Gasteiger partial charge in [0.25, 0.3) is 0 Å². The van der Waals surface area contributed by atoms with E-state index >= 15 is 0 Å². The van der Waals surface area contributed by atoms with Crippen LogP contribution >= 0.6 is 11.6 Å². The van der Waals surface area contributed by atoms with Crippen molar-refractivity contribution >= 4 is 22.6 Å². The van der Waals surface area contributed by atoms with Crippen LogP contribution in [0.4, 0.5) is 0 Å². The highest BCUT2D eigenvalue weighted by Gasteiger charge is 2.15. The highest BCUT2D eigenvalue weighted by Crippen LogP contribution is 2.35. The fourth-order valence-electron chi connectivity index (χ4n) is 3.17. The molecule has 2 heterocycles. The lowest BCUT2D eigenvalue weighted by Crippen LogP contribution is -2.03. The number of aromatic amines is 1. The van der Waals surface area contributed by atoms with Crippen molar-refractivity contribution in [3.05, 3.63) is 87.2 Å². The molecular weight excluding hydrogens is 358 g/mol. The van der Waals surface area contributed by atoms with E-state index in [1.807, 2.05) is 49.4 Å². The van der Waals surface area contributed by atoms with Crippen molar-refractivity contribution in [2.75, 3.05) is 0 Å². The molecule has 0 fully saturated rings. The van der Waals surface area contributed by atoms with Crippen molar-refractivity contribution in [1.29, 1.82) is 5.26 Å². The lowest BCUT2D eigenvalue weighted by Gasteiger charge is -2.13. The average Bonchev–Trinajstić information content (AvgIpc) is 2.68. The Morgan fingerprint density at radius 2 is 1.85 bits per heavy atom. The highest BCUT2D eigenvalue weighted by molar-refractivity contribution is 6.32. The summed E-state index contributed by atoms with van der Waals surface area (Å²) in [7, 11) is 0. The number of fused-ring (bicyclic) bond motifs is 1. The van der Waals surface area contributed by atoms with Crippen LogP contribution in [0.3, 0.4) is 0 Å². The summed E-state index contributed by atoms with van der Waals surface area (Å²) in [6.45, 7) is 1.84. The van der Waals surface area contributed by atoms with Crippen molar-refractivity contribution in [2.45, 2.75) is 6.92 Å². The number of hydrogen-bond acceptors (Lipinski definition) is 3. The van der Waals surface area contributed by atoms with Crippen molar-refractivity contribution in [3.8, 4) is 28.5 Å². The van der Waals surface area contributed by atoms with Gasteiger partial charge in [-0.25, -0.2) is 4.98 Å². The number of pyridine rings is 2. The molecule has 1 N–H and O–H groups in total. The standard InChI is InChI=1S/C22H14ClN3O/c1-13-9-15(10-19(23)18(13)12-24)16-11-17-20(27)7-8-25-22(17)26-21(16)14-5-3-2-4-6-14/h2-11H,1H3,(H,25,26,27). The summed E-state index contributed by atoms with van der Waals surface area (Å²) in [6.07, 6.45) is 1.59. The molecule has 0 aliphatic heterocycles. The first-order valence-corrected chi connectivity index (χ1v) is 8.75. The molecule has 27 heavy (non-hydrogen) atoms. The lowest BCUT2D eigenvalue weighted by molar-refractivity contribution is 1.27. The Hall–Kier alpha value is -3.42. The Morgan fingerprint density at radius 1 is 1.07 bits per heavy atom. The molecule has 0 radical (unpaired) electrons. The van der Waals surface area contributed by atoms with Gasteiger partial charge in [-0.05, 0) is 36.2 Å². The Bertz CT molecular complexity index is 1250. The van der Waals surface area contributed by atoms with Crippen LogP contribution < -0.4 is 5.43 Å². The zero-order valence-corrected chi connectivity index (χ0v) is 15.2. The largest absolute Gasteiger partial charge is 0.346 e. The van der Waals surface area contributed by atoms with Crippen molar-refractivity contribution in [2.24, 2.45) is 0 Å². The van der Waals surface area contributed by atoms with Crippen LogP contribution in [-0.4, -0.2) is 9.97 Å². The van der Waals surface area contributed by atoms with E-state index in [-0.39, 0.29) is 5.43 Å². The number of halogens is 1. The second kappa shape index (κ2) is 6.71. The monoisotopic (exact) mass is 371 g/mol. The Balaban J connectivity index is 2.09. The van der Waals surface area contributed by atoms with Crippen LogP contribution in [-0.2, 0) is 0 Å². The number of H-pyrrole nitrogens is 1. The fraction of sp³-hybridized carbons (Fsp3) is 0.0455. The molecule has 4 nitrogen and oxygen atoms in total. The van der Waals surface area contributed by atoms with E-state index in [1.54, 1.807) is 12.3 Å². The second-order valence-corrected chi connectivity index (χ2v) is 6.66. The van der Waals surface area contributed by atoms with Gasteiger partial charge in [-0.2, -0.15) is 5.26 Å². The molecule has 0 aliphatic rings. The molecule has 0 bridgehead atoms. The van der Waals surface area contributed by atoms with Gasteiger partial charge in [0.1, 0.15) is 11.7 Å². The molecule has 130 valence electrons. The first-order chi connectivity index (χ1) is 13.1. The SMILES string of the molecule is Cc1cc(-c2cc3c(=O)cc[nH]c3nc2-c2ccccc2)cc(Cl)c1C#N. The lowest BCUT2D eigenvalue weighted by atomic mass is 9.95. The number of rotatable bonds is 2. The summed E-state index contributed by atoms with van der Waals surface area (Å²) in [6, 6.07) is 18.8. The number of hydrogen-bond donors (Lipinski definition) is 1. The van der Waals surface area contributed by atoms with Gasteiger partial charge in [0.05, 0.1) is 21.7 Å². The smallest absolute Gasteiger partial charge is 0.191 e. The van der Waals surface area contributed by atoms with E-state index in [1.165, 1.54) is 6.07 Å². The number of aryl methyl sites for hydroxylation is 1. The highest BCUT2D eigenvalue weighted by atomic mass is 35.5. The quantitative estimate of drug-likeness (QED) is 0.533. The number of benzene rings is 2. The maximum atomic E-state index is 12.3. The predicted molar refractivity (Wildman–Crippen MR) is 108 cm³/mol. The molecule has 0 amide bonds. The van der Waals surface area contributed by atoms with Crippen molar-refractivity contribution in [3.63, 3.8) is 0 Å². The van der Waals surface area contributed by atoms with Crippen LogP contribution in [0, 0.1) is 18.3 Å². The van der Waals surface area contributed by atoms with Gasteiger partial charge in [0, 0.05) is 23.4 Å². The number of nitrogens with one attached hydrogen (secondary N) is 1. The number of aromatic nitrogens is 2. The number of nitrogens with zero attached hydrogens (tertiary/aromatic N) is 2. The van der Waals surface area contributed by atoms with E-state index in [9.17, 15) is 10.1 Å². The first-order valence-electron chi connectivity index (χ1n) is 8.37. The minimum absolute atomic E-state index is 0.103. The predicted octanol–water partition coefficient (Wildman–Crippen LogP) is 5.09. The maximum absolute atomic E-state index is 12.3. The molecule has 0 saturated heterocycles. The van der Waals surface area contributed by atoms with Gasteiger partial charge in [-0.15, -0.1) is 0 Å². The van der Waals surface area contributed by atoms with Crippen LogP contribution in [0.25, 0.3) is 33.4 Å². The Labute approximate surface area is 160 Å². The summed E-state index contributed by atoms with van der Waals surface area (Å²) >= 11 is 6.32. The summed E-state index contributed by atoms with van der Waals surface area (Å²) in [5, 5.41) is 10.2. The zero-order chi connectivity index (χ0) is 19.0. The van der Waals surface area contributed by atoms with Crippen molar-refractivity contribution < 1.29 is 0 Å². The first kappa shape index (κ1) is 17.0. The molecule has 2 aromatic heterocycles. The molecule has 4 rings (SSSR count). The number of nitriles is 1. The van der Waals surface area contributed by atoms with E-state index in [4.69, 9.17) is 16.6 Å². The minimum Gasteiger partial charge on any atom is -0.346 e. The second-order valence-electron chi connectivity index (χ2n) is 6.25. The summed E-state index contributed by atoms with van der Waals surface area (Å²) < 4.78 is 0. The molecule has 0 aliphatic carbocycles. The topological polar surface area (TPSA) is 69.5 Å². The third-order valence-electron chi connectivity index (χ3n) is 4.50. The van der Waals surface area contributed by atoms with Gasteiger partial charge < -0.3 is 4.98 Å². The van der Waals surface area contributed by atoms with Gasteiger partial charge in [0.2, 0.25) is 0 Å².